The smallest absolute Gasteiger partial charge is 0.263 e. The van der Waals surface area contributed by atoms with Crippen LogP contribution in [-0.4, -0.2) is 38.7 Å². The molecule has 0 spiro atoms. The minimum Gasteiger partial charge on any atom is -0.477 e. The number of likely N-dealkylation sites (N-methyl/N-ethyl adjacent to an activating group) is 1. The first kappa shape index (κ1) is 53.4. The number of carbonyl (C=O) groups is 2. The monoisotopic (exact) mass is 828 g/mol. The number of rotatable bonds is 19. The van der Waals surface area contributed by atoms with Crippen molar-refractivity contribution >= 4 is 41.2 Å². The molecule has 3 unspecified atom stereocenters. The number of methoxy groups -OCH3 is 1. The van der Waals surface area contributed by atoms with E-state index in [1.54, 1.807) is 32.4 Å². The third kappa shape index (κ3) is 16.6. The molecule has 6 nitrogen and oxygen atoms in total. The van der Waals surface area contributed by atoms with Crippen LogP contribution in [0.2, 0.25) is 10.0 Å². The topological polar surface area (TPSA) is 76.7 Å². The lowest BCUT2D eigenvalue weighted by Gasteiger charge is -2.38. The second kappa shape index (κ2) is 29.5. The second-order valence-electron chi connectivity index (χ2n) is 13.5. The van der Waals surface area contributed by atoms with Crippen molar-refractivity contribution in [2.24, 2.45) is 0 Å². The summed E-state index contributed by atoms with van der Waals surface area (Å²) in [7, 11) is 3.29. The van der Waals surface area contributed by atoms with Crippen molar-refractivity contribution in [2.75, 3.05) is 26.1 Å². The molecule has 318 valence electrons. The Morgan fingerprint density at radius 1 is 0.912 bits per heavy atom. The predicted octanol–water partition coefficient (Wildman–Crippen LogP) is 14.2. The van der Waals surface area contributed by atoms with Gasteiger partial charge in [0.25, 0.3) is 5.91 Å². The molecule has 0 aliphatic heterocycles. The molecule has 3 atom stereocenters. The van der Waals surface area contributed by atoms with Crippen molar-refractivity contribution < 1.29 is 23.5 Å². The van der Waals surface area contributed by atoms with Crippen LogP contribution in [0.25, 0.3) is 0 Å². The fraction of sp³-hybridized carbons (Fsp3) is 0.500. The van der Waals surface area contributed by atoms with Gasteiger partial charge < -0.3 is 20.1 Å². The first-order valence-electron chi connectivity index (χ1n) is 20.5. The Balaban J connectivity index is 0.00000253. The van der Waals surface area contributed by atoms with E-state index in [1.165, 1.54) is 12.5 Å². The summed E-state index contributed by atoms with van der Waals surface area (Å²) in [6.45, 7) is 24.6. The van der Waals surface area contributed by atoms with E-state index in [4.69, 9.17) is 27.9 Å². The Bertz CT molecular complexity index is 1660. The Hall–Kier alpha value is -3.65. The molecule has 2 N–H and O–H groups in total. The normalized spacial score (nSPS) is 12.5. The van der Waals surface area contributed by atoms with Crippen molar-refractivity contribution in [1.82, 2.24) is 5.32 Å². The van der Waals surface area contributed by atoms with Crippen molar-refractivity contribution in [3.63, 3.8) is 0 Å². The quantitative estimate of drug-likeness (QED) is 0.0932. The number of hydrogen-bond donors (Lipinski definition) is 2. The molecule has 0 radical (unpaired) electrons. The maximum absolute atomic E-state index is 14.9. The average molecular weight is 830 g/mol. The van der Waals surface area contributed by atoms with E-state index in [0.717, 1.165) is 47.3 Å². The lowest BCUT2D eigenvalue weighted by atomic mass is 9.67. The van der Waals surface area contributed by atoms with Crippen LogP contribution in [0.5, 0.6) is 5.75 Å². The minimum absolute atomic E-state index is 0.184. The van der Waals surface area contributed by atoms with Gasteiger partial charge in [-0.3, -0.25) is 9.59 Å². The molecule has 3 rings (SSSR count). The van der Waals surface area contributed by atoms with Crippen molar-refractivity contribution in [1.29, 1.82) is 0 Å². The lowest BCUT2D eigenvalue weighted by molar-refractivity contribution is -0.137. The molecule has 0 fully saturated rings. The number of halogens is 3. The molecular formula is C48H71Cl2FN2O4. The highest BCUT2D eigenvalue weighted by Gasteiger charge is 2.40. The number of amides is 2. The number of nitrogens with one attached hydrogen (secondary N) is 2. The lowest BCUT2D eigenvalue weighted by Crippen LogP contribution is -2.49. The van der Waals surface area contributed by atoms with Crippen LogP contribution >= 0.6 is 23.2 Å². The highest BCUT2D eigenvalue weighted by atomic mass is 35.5. The third-order valence-electron chi connectivity index (χ3n) is 9.87. The Kier molecular flexibility index (Phi) is 27.7. The van der Waals surface area contributed by atoms with Gasteiger partial charge in [0.1, 0.15) is 11.6 Å². The fourth-order valence-electron chi connectivity index (χ4n) is 6.91. The molecule has 3 aromatic rings. The van der Waals surface area contributed by atoms with Gasteiger partial charge in [-0.25, -0.2) is 4.39 Å². The van der Waals surface area contributed by atoms with Crippen molar-refractivity contribution in [2.45, 2.75) is 138 Å². The SMILES string of the molecule is C=CCCC.CC.CC/C=C(/C)CC(c1cc(Cl)ccc1OC(CC)(CC)C(=O)NC)C(c1ccc(Cl)cc1NC=O)C(CC)c1cc(F)ccc1C.CCOC. The van der Waals surface area contributed by atoms with Crippen LogP contribution in [0, 0.1) is 12.7 Å². The molecular weight excluding hydrogens is 758 g/mol. The summed E-state index contributed by atoms with van der Waals surface area (Å²) in [4.78, 5) is 25.2. The van der Waals surface area contributed by atoms with E-state index in [1.807, 2.05) is 78.0 Å². The van der Waals surface area contributed by atoms with E-state index in [2.05, 4.69) is 55.7 Å². The summed E-state index contributed by atoms with van der Waals surface area (Å²) in [5.41, 5.74) is 4.18. The van der Waals surface area contributed by atoms with Crippen LogP contribution < -0.4 is 15.4 Å². The molecule has 9 heteroatoms. The summed E-state index contributed by atoms with van der Waals surface area (Å²) in [5, 5.41) is 6.67. The zero-order chi connectivity index (χ0) is 43.6. The highest BCUT2D eigenvalue weighted by molar-refractivity contribution is 6.31. The Morgan fingerprint density at radius 3 is 2.02 bits per heavy atom. The highest BCUT2D eigenvalue weighted by Crippen LogP contribution is 2.53. The van der Waals surface area contributed by atoms with Crippen molar-refractivity contribution in [3.05, 3.63) is 117 Å². The van der Waals surface area contributed by atoms with Gasteiger partial charge in [0.05, 0.1) is 0 Å². The summed E-state index contributed by atoms with van der Waals surface area (Å²) in [5.74, 6) is -0.716. The van der Waals surface area contributed by atoms with Gasteiger partial charge in [-0.1, -0.05) is 108 Å². The minimum atomic E-state index is -1.10. The predicted molar refractivity (Wildman–Crippen MR) is 243 cm³/mol. The zero-order valence-electron chi connectivity index (χ0n) is 36.8. The first-order valence-corrected chi connectivity index (χ1v) is 21.3. The molecule has 0 saturated heterocycles. The van der Waals surface area contributed by atoms with Gasteiger partial charge in [0.2, 0.25) is 6.41 Å². The van der Waals surface area contributed by atoms with Gasteiger partial charge in [-0.15, -0.1) is 6.58 Å². The van der Waals surface area contributed by atoms with Crippen LogP contribution in [0.4, 0.5) is 10.1 Å². The maximum Gasteiger partial charge on any atom is 0.263 e. The Labute approximate surface area is 355 Å². The first-order chi connectivity index (χ1) is 27.3. The van der Waals surface area contributed by atoms with Gasteiger partial charge in [-0.2, -0.15) is 0 Å². The van der Waals surface area contributed by atoms with E-state index >= 15 is 0 Å². The number of carbonyl (C=O) groups excluding carboxylic acids is 2. The molecule has 3 aromatic carbocycles. The summed E-state index contributed by atoms with van der Waals surface area (Å²) in [6, 6.07) is 15.9. The van der Waals surface area contributed by atoms with E-state index in [0.29, 0.717) is 53.6 Å². The fourth-order valence-corrected chi connectivity index (χ4v) is 7.27. The second-order valence-corrected chi connectivity index (χ2v) is 14.4. The molecule has 0 bridgehead atoms. The molecule has 2 amide bonds. The number of unbranched alkanes of at least 4 members (excludes halogenated alkanes) is 1. The maximum atomic E-state index is 14.9. The van der Waals surface area contributed by atoms with Crippen LogP contribution in [0.15, 0.2) is 78.9 Å². The number of anilines is 1. The average Bonchev–Trinajstić information content (AvgIpc) is 3.21. The summed E-state index contributed by atoms with van der Waals surface area (Å²) < 4.78 is 26.2. The molecule has 0 aliphatic carbocycles. The van der Waals surface area contributed by atoms with E-state index in [-0.39, 0.29) is 29.5 Å². The van der Waals surface area contributed by atoms with Gasteiger partial charge in [-0.05, 0) is 136 Å². The molecule has 0 saturated carbocycles. The number of aryl methyl sites for hydroxylation is 1. The summed E-state index contributed by atoms with van der Waals surface area (Å²) in [6.07, 6.45) is 10.2. The van der Waals surface area contributed by atoms with E-state index < -0.39 is 5.60 Å². The molecule has 0 heterocycles. The summed E-state index contributed by atoms with van der Waals surface area (Å²) >= 11 is 13.2. The molecule has 0 aliphatic rings. The van der Waals surface area contributed by atoms with E-state index in [9.17, 15) is 14.0 Å². The Morgan fingerprint density at radius 2 is 1.53 bits per heavy atom. The van der Waals surface area contributed by atoms with Crippen LogP contribution in [0.3, 0.4) is 0 Å². The third-order valence-corrected chi connectivity index (χ3v) is 10.3. The van der Waals surface area contributed by atoms with Crippen LogP contribution in [-0.2, 0) is 14.3 Å². The van der Waals surface area contributed by atoms with Gasteiger partial charge >= 0.3 is 0 Å². The number of allylic oxidation sites excluding steroid dienone is 3. The standard InChI is InChI=1S/C38H47Cl2FN2O3.C5H10.C3H8O.C2H6/c1-8-12-24(5)19-33(32-20-26(39)15-18-35(32)46-38(10-3,11-4)37(45)42-7)36(30-17-14-27(40)21-34(30)43-23-44)29(9-2)31-22-28(41)16-13-25(31)6;1-3-5-4-2;1-3-4-2;1-2/h12-18,20-23,29,33,36H,8-11,19H2,1-7H3,(H,42,45)(H,43,44);3H,1,4-5H2,2H3;3H2,1-2H3;1-2H3/b24-12-;;;. The zero-order valence-corrected chi connectivity index (χ0v) is 38.3. The number of benzene rings is 3. The molecule has 0 aromatic heterocycles. The van der Waals surface area contributed by atoms with Gasteiger partial charge in [0, 0.05) is 42.4 Å². The molecule has 57 heavy (non-hydrogen) atoms. The van der Waals surface area contributed by atoms with Crippen LogP contribution in [0.1, 0.15) is 147 Å². The van der Waals surface area contributed by atoms with Gasteiger partial charge in [0.15, 0.2) is 5.60 Å². The number of ether oxygens (including phenoxy) is 2. The van der Waals surface area contributed by atoms with Crippen molar-refractivity contribution in [3.8, 4) is 5.75 Å². The largest absolute Gasteiger partial charge is 0.477 e. The number of hydrogen-bond acceptors (Lipinski definition) is 4.